The Balaban J connectivity index is 3.19. The van der Waals surface area contributed by atoms with Crippen LogP contribution in [0.2, 0.25) is 0 Å². The summed E-state index contributed by atoms with van der Waals surface area (Å²) in [6, 6.07) is 3.55. The van der Waals surface area contributed by atoms with Gasteiger partial charge in [-0.05, 0) is 57.5 Å². The molecule has 0 spiro atoms. The van der Waals surface area contributed by atoms with Crippen LogP contribution in [-0.2, 0) is 10.0 Å². The Kier molecular flexibility index (Phi) is 5.46. The van der Waals surface area contributed by atoms with Crippen molar-refractivity contribution < 1.29 is 12.8 Å². The molecule has 19 heavy (non-hydrogen) atoms. The molecule has 0 aliphatic rings. The summed E-state index contributed by atoms with van der Waals surface area (Å²) < 4.78 is 39.6. The number of nitrogens with zero attached hydrogens (tertiary/aromatic N) is 1. The number of aryl methyl sites for hydroxylation is 1. The monoisotopic (exact) mass is 288 g/mol. The van der Waals surface area contributed by atoms with Crippen LogP contribution in [0.3, 0.4) is 0 Å². The maximum atomic E-state index is 13.1. The smallest absolute Gasteiger partial charge is 0.243 e. The molecule has 1 rings (SSSR count). The van der Waals surface area contributed by atoms with Crippen LogP contribution < -0.4 is 5.73 Å². The van der Waals surface area contributed by atoms with Crippen molar-refractivity contribution in [3.05, 3.63) is 29.6 Å². The first-order valence-electron chi connectivity index (χ1n) is 6.28. The van der Waals surface area contributed by atoms with Crippen molar-refractivity contribution in [1.29, 1.82) is 0 Å². The van der Waals surface area contributed by atoms with E-state index >= 15 is 0 Å². The normalized spacial score (nSPS) is 12.4. The van der Waals surface area contributed by atoms with E-state index in [1.54, 1.807) is 6.92 Å². The highest BCUT2D eigenvalue weighted by atomic mass is 32.2. The van der Waals surface area contributed by atoms with Crippen LogP contribution in [0.25, 0.3) is 0 Å². The molecule has 108 valence electrons. The van der Waals surface area contributed by atoms with Gasteiger partial charge in [-0.3, -0.25) is 0 Å². The minimum atomic E-state index is -3.61. The van der Waals surface area contributed by atoms with Crippen molar-refractivity contribution in [2.75, 3.05) is 13.1 Å². The summed E-state index contributed by atoms with van der Waals surface area (Å²) in [4.78, 5) is 0.152. The Bertz CT molecular complexity index is 529. The van der Waals surface area contributed by atoms with Crippen LogP contribution in [0.1, 0.15) is 25.8 Å². The fourth-order valence-electron chi connectivity index (χ4n) is 1.93. The van der Waals surface area contributed by atoms with Crippen LogP contribution >= 0.6 is 0 Å². The minimum absolute atomic E-state index is 0.152. The molecule has 0 unspecified atom stereocenters. The molecule has 0 fully saturated rings. The van der Waals surface area contributed by atoms with Gasteiger partial charge < -0.3 is 5.73 Å². The van der Waals surface area contributed by atoms with Crippen molar-refractivity contribution in [3.8, 4) is 0 Å². The number of rotatable bonds is 6. The van der Waals surface area contributed by atoms with Gasteiger partial charge in [0.05, 0.1) is 4.90 Å². The number of sulfonamides is 1. The van der Waals surface area contributed by atoms with E-state index in [-0.39, 0.29) is 10.9 Å². The van der Waals surface area contributed by atoms with Crippen molar-refractivity contribution in [3.63, 3.8) is 0 Å². The largest absolute Gasteiger partial charge is 0.330 e. The van der Waals surface area contributed by atoms with E-state index in [0.29, 0.717) is 25.1 Å². The average molecular weight is 288 g/mol. The molecule has 0 heterocycles. The molecule has 0 bridgehead atoms. The fraction of sp³-hybridized carbons (Fsp3) is 0.538. The number of nitrogens with two attached hydrogens (primary N) is 1. The Hall–Kier alpha value is -0.980. The van der Waals surface area contributed by atoms with Crippen molar-refractivity contribution >= 4 is 10.0 Å². The van der Waals surface area contributed by atoms with E-state index in [4.69, 9.17) is 5.73 Å². The van der Waals surface area contributed by atoms with Gasteiger partial charge in [0, 0.05) is 12.6 Å². The molecule has 1 aromatic carbocycles. The highest BCUT2D eigenvalue weighted by molar-refractivity contribution is 7.89. The van der Waals surface area contributed by atoms with Gasteiger partial charge in [-0.1, -0.05) is 0 Å². The highest BCUT2D eigenvalue weighted by Crippen LogP contribution is 2.22. The molecule has 0 saturated carbocycles. The number of hydrogen-bond acceptors (Lipinski definition) is 3. The van der Waals surface area contributed by atoms with E-state index in [2.05, 4.69) is 0 Å². The standard InChI is InChI=1S/C13H21FN2O2S/c1-10(2)16(8-4-7-15)19(17,18)13-6-5-12(14)9-11(13)3/h5-6,9-10H,4,7-8,15H2,1-3H3. The summed E-state index contributed by atoms with van der Waals surface area (Å²) >= 11 is 0. The Morgan fingerprint density at radius 3 is 2.47 bits per heavy atom. The molecule has 0 aromatic heterocycles. The summed E-state index contributed by atoms with van der Waals surface area (Å²) in [5, 5.41) is 0. The van der Waals surface area contributed by atoms with Gasteiger partial charge in [-0.2, -0.15) is 4.31 Å². The predicted octanol–water partition coefficient (Wildman–Crippen LogP) is 1.88. The molecule has 0 atom stereocenters. The van der Waals surface area contributed by atoms with Crippen molar-refractivity contribution in [2.45, 2.75) is 38.1 Å². The molecule has 0 radical (unpaired) electrons. The maximum absolute atomic E-state index is 13.1. The summed E-state index contributed by atoms with van der Waals surface area (Å²) in [7, 11) is -3.61. The number of halogens is 1. The molecule has 4 nitrogen and oxygen atoms in total. The third-order valence-electron chi connectivity index (χ3n) is 2.88. The van der Waals surface area contributed by atoms with Gasteiger partial charge in [0.2, 0.25) is 10.0 Å². The first-order chi connectivity index (χ1) is 8.80. The average Bonchev–Trinajstić information content (AvgIpc) is 2.27. The summed E-state index contributed by atoms with van der Waals surface area (Å²) in [6.07, 6.45) is 0.595. The second kappa shape index (κ2) is 6.45. The Morgan fingerprint density at radius 2 is 2.00 bits per heavy atom. The fourth-order valence-corrected chi connectivity index (χ4v) is 3.81. The van der Waals surface area contributed by atoms with E-state index in [1.165, 1.54) is 22.5 Å². The lowest BCUT2D eigenvalue weighted by atomic mass is 10.2. The SMILES string of the molecule is Cc1cc(F)ccc1S(=O)(=O)N(CCCN)C(C)C. The van der Waals surface area contributed by atoms with Gasteiger partial charge in [0.15, 0.2) is 0 Å². The number of benzene rings is 1. The van der Waals surface area contributed by atoms with Gasteiger partial charge in [0.1, 0.15) is 5.82 Å². The third-order valence-corrected chi connectivity index (χ3v) is 5.12. The third kappa shape index (κ3) is 3.75. The van der Waals surface area contributed by atoms with E-state index in [9.17, 15) is 12.8 Å². The summed E-state index contributed by atoms with van der Waals surface area (Å²) in [5.74, 6) is -0.436. The Labute approximate surface area is 114 Å². The Morgan fingerprint density at radius 1 is 1.37 bits per heavy atom. The zero-order chi connectivity index (χ0) is 14.6. The molecule has 2 N–H and O–H groups in total. The van der Waals surface area contributed by atoms with Crippen molar-refractivity contribution in [1.82, 2.24) is 4.31 Å². The molecule has 0 aliphatic heterocycles. The zero-order valence-electron chi connectivity index (χ0n) is 11.6. The van der Waals surface area contributed by atoms with E-state index < -0.39 is 15.8 Å². The lowest BCUT2D eigenvalue weighted by Gasteiger charge is -2.26. The quantitative estimate of drug-likeness (QED) is 0.869. The molecular weight excluding hydrogens is 267 g/mol. The molecule has 0 saturated heterocycles. The van der Waals surface area contributed by atoms with Gasteiger partial charge in [-0.25, -0.2) is 12.8 Å². The van der Waals surface area contributed by atoms with Crippen LogP contribution in [0.5, 0.6) is 0 Å². The van der Waals surface area contributed by atoms with Gasteiger partial charge in [-0.15, -0.1) is 0 Å². The zero-order valence-corrected chi connectivity index (χ0v) is 12.4. The van der Waals surface area contributed by atoms with E-state index in [0.717, 1.165) is 0 Å². The molecule has 1 aromatic rings. The predicted molar refractivity (Wildman–Crippen MR) is 73.8 cm³/mol. The van der Waals surface area contributed by atoms with E-state index in [1.807, 2.05) is 13.8 Å². The maximum Gasteiger partial charge on any atom is 0.243 e. The topological polar surface area (TPSA) is 63.4 Å². The van der Waals surface area contributed by atoms with Crippen LogP contribution in [0, 0.1) is 12.7 Å². The van der Waals surface area contributed by atoms with Crippen LogP contribution in [0.15, 0.2) is 23.1 Å². The molecule has 0 amide bonds. The summed E-state index contributed by atoms with van der Waals surface area (Å²) in [6.45, 7) is 6.02. The lowest BCUT2D eigenvalue weighted by Crippen LogP contribution is -2.38. The summed E-state index contributed by atoms with van der Waals surface area (Å²) in [5.41, 5.74) is 5.85. The van der Waals surface area contributed by atoms with Crippen LogP contribution in [-0.4, -0.2) is 31.9 Å². The molecule has 0 aliphatic carbocycles. The number of hydrogen-bond donors (Lipinski definition) is 1. The highest BCUT2D eigenvalue weighted by Gasteiger charge is 2.27. The second-order valence-corrected chi connectivity index (χ2v) is 6.62. The second-order valence-electron chi connectivity index (χ2n) is 4.76. The minimum Gasteiger partial charge on any atom is -0.330 e. The van der Waals surface area contributed by atoms with Crippen molar-refractivity contribution in [2.24, 2.45) is 5.73 Å². The first kappa shape index (κ1) is 16.1. The van der Waals surface area contributed by atoms with Gasteiger partial charge >= 0.3 is 0 Å². The molecule has 6 heteroatoms. The van der Waals surface area contributed by atoms with Crippen LogP contribution in [0.4, 0.5) is 4.39 Å². The first-order valence-corrected chi connectivity index (χ1v) is 7.72. The van der Waals surface area contributed by atoms with Gasteiger partial charge in [0.25, 0.3) is 0 Å². The molecular formula is C13H21FN2O2S. The lowest BCUT2D eigenvalue weighted by molar-refractivity contribution is 0.351.